The summed E-state index contributed by atoms with van der Waals surface area (Å²) < 4.78 is 3.06. The van der Waals surface area contributed by atoms with Crippen LogP contribution in [0.15, 0.2) is 64.7 Å². The molecule has 0 aliphatic heterocycles. The molecule has 0 radical (unpaired) electrons. The molecule has 1 aromatic heterocycles. The minimum atomic E-state index is 0.619. The van der Waals surface area contributed by atoms with Gasteiger partial charge in [0.2, 0.25) is 0 Å². The number of benzene rings is 2. The molecule has 0 atom stereocenters. The third-order valence-corrected chi connectivity index (χ3v) is 5.77. The van der Waals surface area contributed by atoms with E-state index in [2.05, 4.69) is 32.7 Å². The third-order valence-electron chi connectivity index (χ3n) is 3.54. The number of rotatable bonds is 6. The van der Waals surface area contributed by atoms with E-state index in [-0.39, 0.29) is 0 Å². The average molecular weight is 455 g/mol. The minimum absolute atomic E-state index is 0.619. The molecule has 128 valence electrons. The first kappa shape index (κ1) is 18.5. The molecule has 0 bridgehead atoms. The van der Waals surface area contributed by atoms with Gasteiger partial charge in [-0.05, 0) is 29.8 Å². The van der Waals surface area contributed by atoms with Crippen molar-refractivity contribution in [2.24, 2.45) is 0 Å². The van der Waals surface area contributed by atoms with Gasteiger partial charge >= 0.3 is 0 Å². The Morgan fingerprint density at radius 1 is 1.08 bits per heavy atom. The Morgan fingerprint density at radius 3 is 2.40 bits per heavy atom. The molecule has 25 heavy (non-hydrogen) atoms. The number of nitrogens with zero attached hydrogens (tertiary/aromatic N) is 3. The zero-order valence-corrected chi connectivity index (χ0v) is 17.0. The van der Waals surface area contributed by atoms with Crippen molar-refractivity contribution in [3.8, 4) is 11.4 Å². The summed E-state index contributed by atoms with van der Waals surface area (Å²) in [5.41, 5.74) is 1.90. The first-order valence-electron chi connectivity index (χ1n) is 7.46. The Kier molecular flexibility index (Phi) is 6.23. The SMILES string of the molecule is C=CCn1c(SCc2c(Cl)cccc2Cl)nnc1-c1ccc(Br)cc1. The van der Waals surface area contributed by atoms with Gasteiger partial charge in [0.1, 0.15) is 0 Å². The van der Waals surface area contributed by atoms with E-state index in [0.717, 1.165) is 26.6 Å². The van der Waals surface area contributed by atoms with E-state index in [4.69, 9.17) is 23.2 Å². The molecule has 0 unspecified atom stereocenters. The van der Waals surface area contributed by atoms with Crippen LogP contribution in [0, 0.1) is 0 Å². The minimum Gasteiger partial charge on any atom is -0.298 e. The summed E-state index contributed by atoms with van der Waals surface area (Å²) in [6, 6.07) is 13.5. The van der Waals surface area contributed by atoms with E-state index >= 15 is 0 Å². The van der Waals surface area contributed by atoms with Crippen molar-refractivity contribution in [2.45, 2.75) is 17.5 Å². The third kappa shape index (κ3) is 4.29. The van der Waals surface area contributed by atoms with E-state index < -0.39 is 0 Å². The second kappa shape index (κ2) is 8.41. The lowest BCUT2D eigenvalue weighted by atomic mass is 10.2. The molecular weight excluding hydrogens is 441 g/mol. The number of allylic oxidation sites excluding steroid dienone is 1. The zero-order valence-electron chi connectivity index (χ0n) is 13.1. The maximum Gasteiger partial charge on any atom is 0.192 e. The monoisotopic (exact) mass is 453 g/mol. The summed E-state index contributed by atoms with van der Waals surface area (Å²) in [6.07, 6.45) is 1.83. The molecule has 7 heteroatoms. The quantitative estimate of drug-likeness (QED) is 0.315. The molecule has 0 saturated carbocycles. The van der Waals surface area contributed by atoms with Gasteiger partial charge in [-0.1, -0.05) is 75.2 Å². The van der Waals surface area contributed by atoms with Crippen molar-refractivity contribution in [1.29, 1.82) is 0 Å². The van der Waals surface area contributed by atoms with Crippen molar-refractivity contribution < 1.29 is 0 Å². The molecule has 0 fully saturated rings. The Balaban J connectivity index is 1.89. The van der Waals surface area contributed by atoms with Gasteiger partial charge < -0.3 is 0 Å². The summed E-state index contributed by atoms with van der Waals surface area (Å²) in [4.78, 5) is 0. The van der Waals surface area contributed by atoms with E-state index in [1.54, 1.807) is 11.8 Å². The fourth-order valence-electron chi connectivity index (χ4n) is 2.31. The van der Waals surface area contributed by atoms with Crippen LogP contribution in [0.4, 0.5) is 0 Å². The first-order chi connectivity index (χ1) is 12.1. The van der Waals surface area contributed by atoms with Gasteiger partial charge in [0.05, 0.1) is 0 Å². The van der Waals surface area contributed by atoms with Crippen LogP contribution >= 0.6 is 50.9 Å². The lowest BCUT2D eigenvalue weighted by Gasteiger charge is -2.09. The Labute approximate surface area is 169 Å². The number of hydrogen-bond donors (Lipinski definition) is 0. The van der Waals surface area contributed by atoms with Gasteiger partial charge in [0.25, 0.3) is 0 Å². The summed E-state index contributed by atoms with van der Waals surface area (Å²) in [6.45, 7) is 4.46. The highest BCUT2D eigenvalue weighted by molar-refractivity contribution is 9.10. The molecule has 3 aromatic rings. The van der Waals surface area contributed by atoms with Crippen LogP contribution in [0.3, 0.4) is 0 Å². The second-order valence-corrected chi connectivity index (χ2v) is 7.87. The average Bonchev–Trinajstić information content (AvgIpc) is 2.98. The van der Waals surface area contributed by atoms with Crippen molar-refractivity contribution in [2.75, 3.05) is 0 Å². The van der Waals surface area contributed by atoms with Crippen molar-refractivity contribution >= 4 is 50.9 Å². The molecule has 1 heterocycles. The van der Waals surface area contributed by atoms with Crippen LogP contribution in [0.2, 0.25) is 10.0 Å². The maximum absolute atomic E-state index is 6.25. The summed E-state index contributed by atoms with van der Waals surface area (Å²) in [5.74, 6) is 1.42. The molecule has 0 spiro atoms. The van der Waals surface area contributed by atoms with E-state index in [0.29, 0.717) is 22.3 Å². The first-order valence-corrected chi connectivity index (χ1v) is 9.99. The second-order valence-electron chi connectivity index (χ2n) is 5.20. The Bertz CT molecular complexity index is 874. The molecule has 3 rings (SSSR count). The molecule has 0 N–H and O–H groups in total. The molecule has 0 saturated heterocycles. The topological polar surface area (TPSA) is 30.7 Å². The van der Waals surface area contributed by atoms with Crippen molar-refractivity contribution in [1.82, 2.24) is 14.8 Å². The largest absolute Gasteiger partial charge is 0.298 e. The Morgan fingerprint density at radius 2 is 1.76 bits per heavy atom. The normalized spacial score (nSPS) is 10.8. The molecular formula is C18H14BrCl2N3S. The predicted octanol–water partition coefficient (Wildman–Crippen LogP) is 6.49. The van der Waals surface area contributed by atoms with Crippen LogP contribution in [-0.4, -0.2) is 14.8 Å². The fourth-order valence-corrected chi connectivity index (χ4v) is 4.26. The Hall–Kier alpha value is -1.27. The lowest BCUT2D eigenvalue weighted by Crippen LogP contribution is -2.00. The molecule has 0 aliphatic rings. The number of aromatic nitrogens is 3. The summed E-state index contributed by atoms with van der Waals surface area (Å²) in [7, 11) is 0. The lowest BCUT2D eigenvalue weighted by molar-refractivity contribution is 0.731. The van der Waals surface area contributed by atoms with Gasteiger partial charge in [-0.3, -0.25) is 4.57 Å². The molecule has 0 amide bonds. The van der Waals surface area contributed by atoms with Crippen molar-refractivity contribution in [3.05, 3.63) is 75.2 Å². The van der Waals surface area contributed by atoms with Crippen LogP contribution < -0.4 is 0 Å². The van der Waals surface area contributed by atoms with Crippen LogP contribution in [0.1, 0.15) is 5.56 Å². The van der Waals surface area contributed by atoms with E-state index in [1.807, 2.05) is 53.1 Å². The van der Waals surface area contributed by atoms with Gasteiger partial charge in [0.15, 0.2) is 11.0 Å². The highest BCUT2D eigenvalue weighted by Crippen LogP contribution is 2.32. The van der Waals surface area contributed by atoms with Gasteiger partial charge in [-0.15, -0.1) is 16.8 Å². The van der Waals surface area contributed by atoms with Crippen LogP contribution in [-0.2, 0) is 12.3 Å². The highest BCUT2D eigenvalue weighted by Gasteiger charge is 2.15. The zero-order chi connectivity index (χ0) is 17.8. The number of halogens is 3. The molecule has 0 aliphatic carbocycles. The van der Waals surface area contributed by atoms with Gasteiger partial charge in [-0.2, -0.15) is 0 Å². The smallest absolute Gasteiger partial charge is 0.192 e. The highest BCUT2D eigenvalue weighted by atomic mass is 79.9. The van der Waals surface area contributed by atoms with Crippen LogP contribution in [0.25, 0.3) is 11.4 Å². The summed E-state index contributed by atoms with van der Waals surface area (Å²) >= 11 is 17.5. The van der Waals surface area contributed by atoms with E-state index in [9.17, 15) is 0 Å². The summed E-state index contributed by atoms with van der Waals surface area (Å²) in [5, 5.41) is 10.8. The predicted molar refractivity (Wildman–Crippen MR) is 109 cm³/mol. The number of hydrogen-bond acceptors (Lipinski definition) is 3. The van der Waals surface area contributed by atoms with Crippen molar-refractivity contribution in [3.63, 3.8) is 0 Å². The molecule has 2 aromatic carbocycles. The van der Waals surface area contributed by atoms with Gasteiger partial charge in [0, 0.05) is 32.4 Å². The fraction of sp³-hybridized carbons (Fsp3) is 0.111. The molecule has 3 nitrogen and oxygen atoms in total. The maximum atomic E-state index is 6.25. The van der Waals surface area contributed by atoms with E-state index in [1.165, 1.54) is 0 Å². The standard InChI is InChI=1S/C18H14BrCl2N3S/c1-2-10-24-17(12-6-8-13(19)9-7-12)22-23-18(24)25-11-14-15(20)4-3-5-16(14)21/h2-9H,1,10-11H2. The van der Waals surface area contributed by atoms with Gasteiger partial charge in [-0.25, -0.2) is 0 Å². The number of thioether (sulfide) groups is 1. The van der Waals surface area contributed by atoms with Crippen LogP contribution in [0.5, 0.6) is 0 Å².